The van der Waals surface area contributed by atoms with Gasteiger partial charge in [-0.05, 0) is 34.0 Å². The molecule has 0 aliphatic carbocycles. The quantitative estimate of drug-likeness (QED) is 0.780. The first-order valence-corrected chi connectivity index (χ1v) is 4.79. The first kappa shape index (κ1) is 10.9. The molecule has 4 heteroatoms. The summed E-state index contributed by atoms with van der Waals surface area (Å²) in [6.07, 6.45) is 1.77. The lowest BCUT2D eigenvalue weighted by Gasteiger charge is -2.18. The monoisotopic (exact) mass is 194 g/mol. The Bertz CT molecular complexity index is 285. The topological polar surface area (TPSA) is 41.1 Å². The van der Waals surface area contributed by atoms with Crippen molar-refractivity contribution in [2.45, 2.75) is 19.9 Å². The summed E-state index contributed by atoms with van der Waals surface area (Å²) in [4.78, 5) is 10.6. The molecule has 0 bridgehead atoms. The van der Waals surface area contributed by atoms with E-state index in [0.717, 1.165) is 12.2 Å². The Morgan fingerprint density at radius 2 is 2.21 bits per heavy atom. The van der Waals surface area contributed by atoms with E-state index in [9.17, 15) is 0 Å². The van der Waals surface area contributed by atoms with Crippen molar-refractivity contribution in [1.29, 1.82) is 0 Å². The SMILES string of the molecule is Cc1ccnc(N[C@@H](C)CN(C)C)n1. The maximum atomic E-state index is 4.28. The number of aryl methyl sites for hydroxylation is 1. The molecule has 0 saturated carbocycles. The highest BCUT2D eigenvalue weighted by molar-refractivity contribution is 5.26. The normalized spacial score (nSPS) is 12.9. The molecule has 78 valence electrons. The molecule has 0 amide bonds. The molecule has 1 heterocycles. The summed E-state index contributed by atoms with van der Waals surface area (Å²) >= 11 is 0. The van der Waals surface area contributed by atoms with Gasteiger partial charge in [-0.3, -0.25) is 0 Å². The minimum atomic E-state index is 0.354. The molecular weight excluding hydrogens is 176 g/mol. The fraction of sp³-hybridized carbons (Fsp3) is 0.600. The van der Waals surface area contributed by atoms with Crippen molar-refractivity contribution < 1.29 is 0 Å². The lowest BCUT2D eigenvalue weighted by Crippen LogP contribution is -2.30. The fourth-order valence-corrected chi connectivity index (χ4v) is 1.33. The van der Waals surface area contributed by atoms with E-state index in [1.807, 2.05) is 13.0 Å². The van der Waals surface area contributed by atoms with Crippen molar-refractivity contribution in [2.24, 2.45) is 0 Å². The van der Waals surface area contributed by atoms with Crippen LogP contribution in [0.5, 0.6) is 0 Å². The largest absolute Gasteiger partial charge is 0.350 e. The third-order valence-electron chi connectivity index (χ3n) is 1.81. The van der Waals surface area contributed by atoms with Gasteiger partial charge in [-0.1, -0.05) is 0 Å². The smallest absolute Gasteiger partial charge is 0.223 e. The van der Waals surface area contributed by atoms with E-state index in [4.69, 9.17) is 0 Å². The van der Waals surface area contributed by atoms with Crippen molar-refractivity contribution in [3.05, 3.63) is 18.0 Å². The Hall–Kier alpha value is -1.16. The van der Waals surface area contributed by atoms with Crippen molar-refractivity contribution in [3.8, 4) is 0 Å². The number of nitrogens with zero attached hydrogens (tertiary/aromatic N) is 3. The van der Waals surface area contributed by atoms with E-state index >= 15 is 0 Å². The van der Waals surface area contributed by atoms with Crippen molar-refractivity contribution in [3.63, 3.8) is 0 Å². The van der Waals surface area contributed by atoms with E-state index < -0.39 is 0 Å². The number of anilines is 1. The van der Waals surface area contributed by atoms with E-state index in [0.29, 0.717) is 12.0 Å². The van der Waals surface area contributed by atoms with Crippen LogP contribution >= 0.6 is 0 Å². The number of hydrogen-bond acceptors (Lipinski definition) is 4. The maximum Gasteiger partial charge on any atom is 0.223 e. The van der Waals surface area contributed by atoms with Gasteiger partial charge in [-0.25, -0.2) is 9.97 Å². The van der Waals surface area contributed by atoms with Crippen LogP contribution in [-0.2, 0) is 0 Å². The van der Waals surface area contributed by atoms with Gasteiger partial charge in [0, 0.05) is 24.5 Å². The van der Waals surface area contributed by atoms with Crippen LogP contribution in [0.2, 0.25) is 0 Å². The van der Waals surface area contributed by atoms with Crippen LogP contribution in [-0.4, -0.2) is 41.5 Å². The molecule has 0 aliphatic rings. The van der Waals surface area contributed by atoms with Gasteiger partial charge in [0.1, 0.15) is 0 Å². The second-order valence-corrected chi connectivity index (χ2v) is 3.83. The molecule has 0 saturated heterocycles. The molecule has 1 atom stereocenters. The summed E-state index contributed by atoms with van der Waals surface area (Å²) in [6.45, 7) is 5.05. The Labute approximate surface area is 85.4 Å². The van der Waals surface area contributed by atoms with Crippen LogP contribution in [0.1, 0.15) is 12.6 Å². The Morgan fingerprint density at radius 3 is 2.79 bits per heavy atom. The van der Waals surface area contributed by atoms with E-state index in [-0.39, 0.29) is 0 Å². The van der Waals surface area contributed by atoms with Crippen molar-refractivity contribution >= 4 is 5.95 Å². The van der Waals surface area contributed by atoms with Gasteiger partial charge in [0.05, 0.1) is 0 Å². The van der Waals surface area contributed by atoms with Crippen LogP contribution in [0.25, 0.3) is 0 Å². The first-order chi connectivity index (χ1) is 6.58. The van der Waals surface area contributed by atoms with Gasteiger partial charge < -0.3 is 10.2 Å². The highest BCUT2D eigenvalue weighted by Crippen LogP contribution is 2.01. The molecule has 1 rings (SSSR count). The van der Waals surface area contributed by atoms with Gasteiger partial charge in [-0.15, -0.1) is 0 Å². The number of hydrogen-bond donors (Lipinski definition) is 1. The van der Waals surface area contributed by atoms with Crippen LogP contribution in [0.3, 0.4) is 0 Å². The summed E-state index contributed by atoms with van der Waals surface area (Å²) in [5, 5.41) is 3.25. The number of rotatable bonds is 4. The van der Waals surface area contributed by atoms with Gasteiger partial charge in [0.2, 0.25) is 5.95 Å². The van der Waals surface area contributed by atoms with Gasteiger partial charge >= 0.3 is 0 Å². The molecule has 4 nitrogen and oxygen atoms in total. The zero-order valence-corrected chi connectivity index (χ0v) is 9.28. The number of nitrogens with one attached hydrogen (secondary N) is 1. The van der Waals surface area contributed by atoms with E-state index in [2.05, 4.69) is 41.2 Å². The third kappa shape index (κ3) is 3.70. The molecule has 0 fully saturated rings. The molecular formula is C10H18N4. The predicted octanol–water partition coefficient (Wildman–Crippen LogP) is 1.15. The zero-order valence-electron chi connectivity index (χ0n) is 9.28. The van der Waals surface area contributed by atoms with Gasteiger partial charge in [0.15, 0.2) is 0 Å². The number of aromatic nitrogens is 2. The zero-order chi connectivity index (χ0) is 10.6. The summed E-state index contributed by atoms with van der Waals surface area (Å²) in [5.74, 6) is 0.708. The molecule has 0 unspecified atom stereocenters. The molecule has 0 spiro atoms. The van der Waals surface area contributed by atoms with Gasteiger partial charge in [-0.2, -0.15) is 0 Å². The summed E-state index contributed by atoms with van der Waals surface area (Å²) < 4.78 is 0. The molecule has 1 aromatic heterocycles. The van der Waals surface area contributed by atoms with Crippen LogP contribution < -0.4 is 5.32 Å². The standard InChI is InChI=1S/C10H18N4/c1-8-5-6-11-10(12-8)13-9(2)7-14(3)4/h5-6,9H,7H2,1-4H3,(H,11,12,13)/t9-/m0/s1. The number of likely N-dealkylation sites (N-methyl/N-ethyl adjacent to an activating group) is 1. The Kier molecular flexibility index (Phi) is 3.83. The minimum Gasteiger partial charge on any atom is -0.350 e. The van der Waals surface area contributed by atoms with E-state index in [1.165, 1.54) is 0 Å². The second-order valence-electron chi connectivity index (χ2n) is 3.83. The molecule has 1 aromatic rings. The molecule has 1 N–H and O–H groups in total. The van der Waals surface area contributed by atoms with Crippen LogP contribution in [0.4, 0.5) is 5.95 Å². The molecule has 0 aliphatic heterocycles. The third-order valence-corrected chi connectivity index (χ3v) is 1.81. The summed E-state index contributed by atoms with van der Waals surface area (Å²) in [5.41, 5.74) is 0.986. The second kappa shape index (κ2) is 4.91. The molecule has 0 radical (unpaired) electrons. The lowest BCUT2D eigenvalue weighted by atomic mass is 10.3. The van der Waals surface area contributed by atoms with Crippen molar-refractivity contribution in [1.82, 2.24) is 14.9 Å². The highest BCUT2D eigenvalue weighted by Gasteiger charge is 2.04. The first-order valence-electron chi connectivity index (χ1n) is 4.79. The molecule has 14 heavy (non-hydrogen) atoms. The molecule has 0 aromatic carbocycles. The predicted molar refractivity (Wildman–Crippen MR) is 58.4 cm³/mol. The maximum absolute atomic E-state index is 4.28. The van der Waals surface area contributed by atoms with Crippen LogP contribution in [0.15, 0.2) is 12.3 Å². The highest BCUT2D eigenvalue weighted by atomic mass is 15.2. The summed E-state index contributed by atoms with van der Waals surface area (Å²) in [7, 11) is 4.10. The Balaban J connectivity index is 2.51. The van der Waals surface area contributed by atoms with Crippen molar-refractivity contribution in [2.75, 3.05) is 26.0 Å². The fourth-order valence-electron chi connectivity index (χ4n) is 1.33. The lowest BCUT2D eigenvalue weighted by molar-refractivity contribution is 0.391. The average molecular weight is 194 g/mol. The Morgan fingerprint density at radius 1 is 1.50 bits per heavy atom. The van der Waals surface area contributed by atoms with E-state index in [1.54, 1.807) is 6.20 Å². The van der Waals surface area contributed by atoms with Crippen LogP contribution in [0, 0.1) is 6.92 Å². The van der Waals surface area contributed by atoms with Gasteiger partial charge in [0.25, 0.3) is 0 Å². The summed E-state index contributed by atoms with van der Waals surface area (Å²) in [6, 6.07) is 2.24. The minimum absolute atomic E-state index is 0.354. The average Bonchev–Trinajstić information content (AvgIpc) is 2.01.